The van der Waals surface area contributed by atoms with E-state index in [-0.39, 0.29) is 6.61 Å². The Morgan fingerprint density at radius 3 is 2.76 bits per heavy atom. The highest BCUT2D eigenvalue weighted by Crippen LogP contribution is 2.22. The number of fused-ring (bicyclic) bond motifs is 1. The molecule has 0 amide bonds. The van der Waals surface area contributed by atoms with Crippen LogP contribution in [0.5, 0.6) is 0 Å². The maximum absolute atomic E-state index is 9.96. The molecule has 1 aromatic heterocycles. The van der Waals surface area contributed by atoms with E-state index < -0.39 is 0 Å². The second-order valence-electron chi connectivity index (χ2n) is 8.47. The number of hydrogen-bond donors (Lipinski definition) is 0. The molecule has 0 fully saturated rings. The van der Waals surface area contributed by atoms with Gasteiger partial charge in [0.25, 0.3) is 0 Å². The fourth-order valence-corrected chi connectivity index (χ4v) is 4.28. The van der Waals surface area contributed by atoms with Gasteiger partial charge in [-0.15, -0.1) is 0 Å². The summed E-state index contributed by atoms with van der Waals surface area (Å²) in [5, 5.41) is 0.640. The third kappa shape index (κ3) is 8.84. The summed E-state index contributed by atoms with van der Waals surface area (Å²) >= 11 is 6.42. The number of halogens is 1. The number of aldehydes is 1. The topological polar surface area (TPSA) is 55.3 Å². The molecule has 1 aromatic carbocycles. The van der Waals surface area contributed by atoms with Crippen LogP contribution in [0.25, 0.3) is 0 Å². The number of likely N-dealkylation sites (N-methyl/N-ethyl adjacent to an activating group) is 1. The highest BCUT2D eigenvalue weighted by molar-refractivity contribution is 6.30. The lowest BCUT2D eigenvalue weighted by atomic mass is 10.0. The average Bonchev–Trinajstić information content (AvgIpc) is 3.07. The van der Waals surface area contributed by atoms with Gasteiger partial charge >= 0.3 is 0 Å². The predicted octanol–water partition coefficient (Wildman–Crippen LogP) is 5.01. The van der Waals surface area contributed by atoms with Gasteiger partial charge in [0.05, 0.1) is 6.61 Å². The SMILES string of the molecule is CN1CCCc2nc(Cc3ccccc3)nc(Cl)c2CC1.O=CCOCC1=CCC=CCC1. The Balaban J connectivity index is 0.000000218. The molecular weight excluding hydrogens is 434 g/mol. The van der Waals surface area contributed by atoms with Crippen molar-refractivity contribution in [2.45, 2.75) is 44.9 Å². The lowest BCUT2D eigenvalue weighted by Crippen LogP contribution is -2.26. The van der Waals surface area contributed by atoms with Crippen LogP contribution in [0.15, 0.2) is 54.1 Å². The van der Waals surface area contributed by atoms with Crippen molar-refractivity contribution >= 4 is 17.9 Å². The van der Waals surface area contributed by atoms with Gasteiger partial charge in [-0.2, -0.15) is 0 Å². The number of aryl methyl sites for hydroxylation is 1. The number of benzene rings is 1. The monoisotopic (exact) mass is 467 g/mol. The van der Waals surface area contributed by atoms with E-state index in [9.17, 15) is 4.79 Å². The first-order chi connectivity index (χ1) is 16.2. The summed E-state index contributed by atoms with van der Waals surface area (Å²) in [5.74, 6) is 0.832. The van der Waals surface area contributed by atoms with Gasteiger partial charge in [-0.3, -0.25) is 0 Å². The second-order valence-corrected chi connectivity index (χ2v) is 8.82. The molecule has 0 saturated carbocycles. The molecule has 1 aliphatic heterocycles. The molecule has 0 saturated heterocycles. The Labute approximate surface area is 202 Å². The largest absolute Gasteiger partial charge is 0.370 e. The fraction of sp³-hybridized carbons (Fsp3) is 0.444. The Morgan fingerprint density at radius 2 is 1.94 bits per heavy atom. The first-order valence-electron chi connectivity index (χ1n) is 11.8. The molecule has 4 rings (SSSR count). The third-order valence-corrected chi connectivity index (χ3v) is 6.12. The first-order valence-corrected chi connectivity index (χ1v) is 12.1. The Bertz CT molecular complexity index is 944. The molecule has 2 aliphatic rings. The van der Waals surface area contributed by atoms with Crippen LogP contribution in [-0.4, -0.2) is 54.5 Å². The van der Waals surface area contributed by atoms with Crippen molar-refractivity contribution in [3.63, 3.8) is 0 Å². The zero-order valence-electron chi connectivity index (χ0n) is 19.5. The zero-order valence-corrected chi connectivity index (χ0v) is 20.3. The van der Waals surface area contributed by atoms with E-state index in [2.05, 4.69) is 47.3 Å². The van der Waals surface area contributed by atoms with E-state index in [0.29, 0.717) is 11.8 Å². The summed E-state index contributed by atoms with van der Waals surface area (Å²) in [5.41, 5.74) is 4.81. The van der Waals surface area contributed by atoms with Crippen LogP contribution in [0, 0.1) is 0 Å². The number of carbonyl (C=O) groups excluding carboxylic acids is 1. The van der Waals surface area contributed by atoms with Gasteiger partial charge < -0.3 is 14.4 Å². The number of carbonyl (C=O) groups is 1. The van der Waals surface area contributed by atoms with Crippen LogP contribution in [0.3, 0.4) is 0 Å². The van der Waals surface area contributed by atoms with Gasteiger partial charge in [0.2, 0.25) is 0 Å². The van der Waals surface area contributed by atoms with Gasteiger partial charge in [0, 0.05) is 24.2 Å². The van der Waals surface area contributed by atoms with Crippen molar-refractivity contribution in [2.75, 3.05) is 33.4 Å². The second kappa shape index (κ2) is 14.0. The highest BCUT2D eigenvalue weighted by atomic mass is 35.5. The molecule has 0 atom stereocenters. The lowest BCUT2D eigenvalue weighted by molar-refractivity contribution is -0.111. The number of aromatic nitrogens is 2. The van der Waals surface area contributed by atoms with Crippen molar-refractivity contribution < 1.29 is 9.53 Å². The van der Waals surface area contributed by atoms with Gasteiger partial charge in [-0.05, 0) is 63.3 Å². The van der Waals surface area contributed by atoms with Gasteiger partial charge in [0.1, 0.15) is 23.9 Å². The molecule has 176 valence electrons. The minimum absolute atomic E-state index is 0.213. The molecule has 5 nitrogen and oxygen atoms in total. The van der Waals surface area contributed by atoms with Gasteiger partial charge in [0.15, 0.2) is 0 Å². The molecule has 0 spiro atoms. The van der Waals surface area contributed by atoms with Crippen molar-refractivity contribution in [3.05, 3.63) is 81.9 Å². The molecule has 2 heterocycles. The Morgan fingerprint density at radius 1 is 1.09 bits per heavy atom. The van der Waals surface area contributed by atoms with E-state index in [0.717, 1.165) is 81.4 Å². The molecule has 1 aliphatic carbocycles. The molecule has 6 heteroatoms. The summed E-state index contributed by atoms with van der Waals surface area (Å²) in [6.07, 6.45) is 14.3. The van der Waals surface area contributed by atoms with E-state index in [4.69, 9.17) is 21.3 Å². The lowest BCUT2D eigenvalue weighted by Gasteiger charge is -2.21. The molecular formula is C27H34ClN3O2. The Kier molecular flexibility index (Phi) is 10.8. The summed E-state index contributed by atoms with van der Waals surface area (Å²) < 4.78 is 5.11. The van der Waals surface area contributed by atoms with Crippen LogP contribution in [0.1, 0.15) is 48.3 Å². The normalized spacial score (nSPS) is 16.4. The van der Waals surface area contributed by atoms with Gasteiger partial charge in [-0.1, -0.05) is 60.2 Å². The molecule has 2 aromatic rings. The van der Waals surface area contributed by atoms with Crippen LogP contribution in [0.4, 0.5) is 0 Å². The van der Waals surface area contributed by atoms with Gasteiger partial charge in [-0.25, -0.2) is 9.97 Å². The fourth-order valence-electron chi connectivity index (χ4n) is 3.98. The van der Waals surface area contributed by atoms with Crippen LogP contribution in [0.2, 0.25) is 5.15 Å². The molecule has 0 unspecified atom stereocenters. The average molecular weight is 468 g/mol. The van der Waals surface area contributed by atoms with Crippen molar-refractivity contribution in [3.8, 4) is 0 Å². The summed E-state index contributed by atoms with van der Waals surface area (Å²) in [6.45, 7) is 2.97. The number of allylic oxidation sites excluding steroid dienone is 3. The molecule has 0 N–H and O–H groups in total. The minimum Gasteiger partial charge on any atom is -0.370 e. The number of nitrogens with zero attached hydrogens (tertiary/aromatic N) is 3. The maximum Gasteiger partial charge on any atom is 0.145 e. The predicted molar refractivity (Wildman–Crippen MR) is 134 cm³/mol. The van der Waals surface area contributed by atoms with Crippen molar-refractivity contribution in [1.82, 2.24) is 14.9 Å². The van der Waals surface area contributed by atoms with E-state index >= 15 is 0 Å². The van der Waals surface area contributed by atoms with E-state index in [1.807, 2.05) is 18.2 Å². The quantitative estimate of drug-likeness (QED) is 0.259. The minimum atomic E-state index is 0.213. The number of ether oxygens (including phenoxy) is 1. The van der Waals surface area contributed by atoms with Crippen molar-refractivity contribution in [2.24, 2.45) is 0 Å². The molecule has 0 bridgehead atoms. The summed E-state index contributed by atoms with van der Waals surface area (Å²) in [7, 11) is 2.16. The first kappa shape index (κ1) is 25.3. The summed E-state index contributed by atoms with van der Waals surface area (Å²) in [6, 6.07) is 10.3. The maximum atomic E-state index is 9.96. The molecule has 33 heavy (non-hydrogen) atoms. The molecule has 0 radical (unpaired) electrons. The standard InChI is InChI=1S/C17H20ClN3.C10H14O2/c1-21-10-5-8-15-14(9-11-21)17(18)20-16(19-15)12-13-6-3-2-4-7-13;11-7-8-12-9-10-5-3-1-2-4-6-10/h2-4,6-7H,5,8-12H2,1H3;1-2,5,7H,3-4,6,8-9H2. The van der Waals surface area contributed by atoms with Crippen LogP contribution in [-0.2, 0) is 28.8 Å². The smallest absolute Gasteiger partial charge is 0.145 e. The van der Waals surface area contributed by atoms with E-state index in [1.165, 1.54) is 11.1 Å². The third-order valence-electron chi connectivity index (χ3n) is 5.81. The van der Waals surface area contributed by atoms with Crippen molar-refractivity contribution in [1.29, 1.82) is 0 Å². The zero-order chi connectivity index (χ0) is 23.3. The number of rotatable bonds is 6. The van der Waals surface area contributed by atoms with E-state index in [1.54, 1.807) is 0 Å². The highest BCUT2D eigenvalue weighted by Gasteiger charge is 2.16. The number of hydrogen-bond acceptors (Lipinski definition) is 5. The van der Waals surface area contributed by atoms with Crippen LogP contribution < -0.4 is 0 Å². The summed E-state index contributed by atoms with van der Waals surface area (Å²) in [4.78, 5) is 21.6. The Hall–Kier alpha value is -2.34. The van der Waals surface area contributed by atoms with Crippen LogP contribution >= 0.6 is 11.6 Å².